The average Bonchev–Trinajstić information content (AvgIpc) is 3.05. The number of benzene rings is 2. The van der Waals surface area contributed by atoms with E-state index in [2.05, 4.69) is 9.47 Å². The number of carbonyl (C=O) groups excluding carboxylic acids is 4. The average molecular weight is 340 g/mol. The number of carbonyl (C=O) groups is 4. The lowest BCUT2D eigenvalue weighted by Gasteiger charge is -2.11. The van der Waals surface area contributed by atoms with Crippen molar-refractivity contribution in [2.75, 3.05) is 6.79 Å². The molecule has 4 rings (SSSR count). The van der Waals surface area contributed by atoms with E-state index in [9.17, 15) is 19.2 Å². The zero-order valence-corrected chi connectivity index (χ0v) is 12.4. The Morgan fingerprint density at radius 2 is 1.08 bits per heavy atom. The minimum absolute atomic E-state index is 0.0176. The van der Waals surface area contributed by atoms with Crippen molar-refractivity contribution in [3.63, 3.8) is 0 Å². The molecule has 124 valence electrons. The summed E-state index contributed by atoms with van der Waals surface area (Å²) in [5.74, 6) is -2.86. The van der Waals surface area contributed by atoms with Gasteiger partial charge in [-0.15, -0.1) is 0 Å². The van der Waals surface area contributed by atoms with Crippen molar-refractivity contribution < 1.29 is 38.1 Å². The summed E-state index contributed by atoms with van der Waals surface area (Å²) in [7, 11) is 0. The molecule has 2 heterocycles. The van der Waals surface area contributed by atoms with Crippen LogP contribution in [0.15, 0.2) is 36.4 Å². The normalized spacial score (nSPS) is 14.7. The van der Waals surface area contributed by atoms with E-state index in [1.807, 2.05) is 0 Å². The smallest absolute Gasteiger partial charge is 0.350 e. The summed E-state index contributed by atoms with van der Waals surface area (Å²) in [5.41, 5.74) is 0.252. The van der Waals surface area contributed by atoms with Crippen LogP contribution in [0.5, 0.6) is 11.5 Å². The second-order valence-electron chi connectivity index (χ2n) is 5.12. The highest BCUT2D eigenvalue weighted by Crippen LogP contribution is 2.31. The number of ether oxygens (including phenoxy) is 4. The van der Waals surface area contributed by atoms with Gasteiger partial charge in [0.25, 0.3) is 0 Å². The third-order valence-corrected chi connectivity index (χ3v) is 3.70. The zero-order chi connectivity index (χ0) is 17.6. The molecule has 2 aliphatic heterocycles. The van der Waals surface area contributed by atoms with Crippen LogP contribution in [0.25, 0.3) is 0 Å². The van der Waals surface area contributed by atoms with Gasteiger partial charge in [0, 0.05) is 0 Å². The molecule has 8 nitrogen and oxygen atoms in total. The Morgan fingerprint density at radius 1 is 0.640 bits per heavy atom. The van der Waals surface area contributed by atoms with Gasteiger partial charge in [-0.3, -0.25) is 0 Å². The van der Waals surface area contributed by atoms with Gasteiger partial charge in [0.1, 0.15) is 22.6 Å². The quantitative estimate of drug-likeness (QED) is 0.471. The summed E-state index contributed by atoms with van der Waals surface area (Å²) in [6.07, 6.45) is 0. The topological polar surface area (TPSA) is 105 Å². The second kappa shape index (κ2) is 5.45. The van der Waals surface area contributed by atoms with Crippen LogP contribution in [0.2, 0.25) is 0 Å². The van der Waals surface area contributed by atoms with E-state index in [-0.39, 0.29) is 40.5 Å². The lowest BCUT2D eigenvalue weighted by molar-refractivity contribution is 0.0425. The molecule has 0 saturated carbocycles. The monoisotopic (exact) mass is 340 g/mol. The molecule has 2 aromatic carbocycles. The molecule has 0 atom stereocenters. The van der Waals surface area contributed by atoms with Gasteiger partial charge in [-0.25, -0.2) is 19.2 Å². The van der Waals surface area contributed by atoms with Gasteiger partial charge in [-0.1, -0.05) is 12.1 Å². The van der Waals surface area contributed by atoms with Gasteiger partial charge in [-0.05, 0) is 24.3 Å². The highest BCUT2D eigenvalue weighted by molar-refractivity contribution is 6.16. The third kappa shape index (κ3) is 2.31. The highest BCUT2D eigenvalue weighted by Gasteiger charge is 2.34. The first-order valence-electron chi connectivity index (χ1n) is 7.11. The Kier molecular flexibility index (Phi) is 3.24. The molecule has 0 N–H and O–H groups in total. The molecule has 0 aromatic heterocycles. The Bertz CT molecular complexity index is 882. The van der Waals surface area contributed by atoms with Crippen LogP contribution >= 0.6 is 0 Å². The van der Waals surface area contributed by atoms with Gasteiger partial charge >= 0.3 is 23.9 Å². The van der Waals surface area contributed by atoms with Crippen molar-refractivity contribution in [3.05, 3.63) is 58.7 Å². The van der Waals surface area contributed by atoms with Crippen molar-refractivity contribution in [2.45, 2.75) is 0 Å². The van der Waals surface area contributed by atoms with Crippen molar-refractivity contribution in [2.24, 2.45) is 0 Å². The fraction of sp³-hybridized carbons (Fsp3) is 0.0588. The zero-order valence-electron chi connectivity index (χ0n) is 12.4. The molecule has 0 unspecified atom stereocenters. The molecule has 25 heavy (non-hydrogen) atoms. The molecule has 0 aliphatic carbocycles. The molecule has 0 fully saturated rings. The molecule has 0 radical (unpaired) electrons. The van der Waals surface area contributed by atoms with Crippen LogP contribution < -0.4 is 9.47 Å². The van der Waals surface area contributed by atoms with Crippen LogP contribution in [0.1, 0.15) is 41.4 Å². The molecule has 0 amide bonds. The standard InChI is InChI=1S/C17H8O8/c18-14-8-3-1-5-10(12(8)16(20)24-14)22-7-23-11-6-2-4-9-13(11)17(21)25-15(9)19/h1-6H,7H2. The van der Waals surface area contributed by atoms with Gasteiger partial charge in [0.15, 0.2) is 0 Å². The second-order valence-corrected chi connectivity index (χ2v) is 5.12. The first-order valence-corrected chi connectivity index (χ1v) is 7.11. The van der Waals surface area contributed by atoms with Crippen molar-refractivity contribution >= 4 is 23.9 Å². The molecule has 8 heteroatoms. The molecule has 0 bridgehead atoms. The summed E-state index contributed by atoms with van der Waals surface area (Å²) in [4.78, 5) is 46.4. The van der Waals surface area contributed by atoms with Crippen LogP contribution in [0.3, 0.4) is 0 Å². The SMILES string of the molecule is O=C1OC(=O)c2c(OCOc3cccc4c3C(=O)OC4=O)cccc21. The number of fused-ring (bicyclic) bond motifs is 2. The summed E-state index contributed by atoms with van der Waals surface area (Å²) < 4.78 is 19.8. The van der Waals surface area contributed by atoms with Crippen molar-refractivity contribution in [3.8, 4) is 11.5 Å². The Morgan fingerprint density at radius 3 is 1.52 bits per heavy atom. The summed E-state index contributed by atoms with van der Waals surface area (Å²) in [6.45, 7) is -0.365. The predicted octanol–water partition coefficient (Wildman–Crippen LogP) is 1.72. The van der Waals surface area contributed by atoms with E-state index < -0.39 is 23.9 Å². The summed E-state index contributed by atoms with van der Waals surface area (Å²) in [6, 6.07) is 8.92. The van der Waals surface area contributed by atoms with Gasteiger partial charge in [-0.2, -0.15) is 0 Å². The maximum absolute atomic E-state index is 11.7. The third-order valence-electron chi connectivity index (χ3n) is 3.70. The molecule has 0 spiro atoms. The molecule has 2 aromatic rings. The summed E-state index contributed by atoms with van der Waals surface area (Å²) >= 11 is 0. The number of rotatable bonds is 4. The molecular formula is C17H8O8. The van der Waals surface area contributed by atoms with Crippen LogP contribution in [0, 0.1) is 0 Å². The Hall–Kier alpha value is -3.68. The first kappa shape index (κ1) is 14.9. The van der Waals surface area contributed by atoms with E-state index in [4.69, 9.17) is 9.47 Å². The summed E-state index contributed by atoms with van der Waals surface area (Å²) in [5, 5.41) is 0. The maximum atomic E-state index is 11.7. The van der Waals surface area contributed by atoms with E-state index in [0.29, 0.717) is 0 Å². The molecule has 0 saturated heterocycles. The van der Waals surface area contributed by atoms with Gasteiger partial charge < -0.3 is 18.9 Å². The van der Waals surface area contributed by atoms with E-state index in [1.54, 1.807) is 0 Å². The first-order chi connectivity index (χ1) is 12.1. The molecule has 2 aliphatic rings. The van der Waals surface area contributed by atoms with E-state index in [1.165, 1.54) is 36.4 Å². The Balaban J connectivity index is 1.54. The van der Waals surface area contributed by atoms with E-state index in [0.717, 1.165) is 0 Å². The Labute approximate surface area is 139 Å². The number of cyclic esters (lactones) is 4. The van der Waals surface area contributed by atoms with Crippen LogP contribution in [-0.4, -0.2) is 30.7 Å². The highest BCUT2D eigenvalue weighted by atomic mass is 16.7. The number of hydrogen-bond acceptors (Lipinski definition) is 8. The minimum Gasteiger partial charge on any atom is -0.457 e. The minimum atomic E-state index is -0.801. The van der Waals surface area contributed by atoms with Crippen molar-refractivity contribution in [1.29, 1.82) is 0 Å². The number of esters is 4. The van der Waals surface area contributed by atoms with Crippen molar-refractivity contribution in [1.82, 2.24) is 0 Å². The van der Waals surface area contributed by atoms with Crippen LogP contribution in [0.4, 0.5) is 0 Å². The van der Waals surface area contributed by atoms with E-state index >= 15 is 0 Å². The fourth-order valence-corrected chi connectivity index (χ4v) is 2.60. The molecular weight excluding hydrogens is 332 g/mol. The van der Waals surface area contributed by atoms with Crippen LogP contribution in [-0.2, 0) is 9.47 Å². The number of hydrogen-bond donors (Lipinski definition) is 0. The fourth-order valence-electron chi connectivity index (χ4n) is 2.60. The van der Waals surface area contributed by atoms with Gasteiger partial charge in [0.05, 0.1) is 11.1 Å². The predicted molar refractivity (Wildman–Crippen MR) is 78.5 cm³/mol. The lowest BCUT2D eigenvalue weighted by atomic mass is 10.1. The lowest BCUT2D eigenvalue weighted by Crippen LogP contribution is -2.10. The largest absolute Gasteiger partial charge is 0.457 e. The maximum Gasteiger partial charge on any atom is 0.350 e. The van der Waals surface area contributed by atoms with Gasteiger partial charge in [0.2, 0.25) is 6.79 Å².